The zero-order valence-corrected chi connectivity index (χ0v) is 17.5. The third-order valence-electron chi connectivity index (χ3n) is 4.15. The van der Waals surface area contributed by atoms with Crippen molar-refractivity contribution in [2.24, 2.45) is 5.10 Å². The zero-order valence-electron chi connectivity index (χ0n) is 13.5. The average Bonchev–Trinajstić information content (AvgIpc) is 3.22. The van der Waals surface area contributed by atoms with E-state index in [1.165, 1.54) is 5.56 Å². The maximum Gasteiger partial charge on any atom is 0.206 e. The van der Waals surface area contributed by atoms with Gasteiger partial charge in [0.25, 0.3) is 0 Å². The Morgan fingerprint density at radius 2 is 1.84 bits per heavy atom. The number of aromatic nitrogens is 1. The third kappa shape index (κ3) is 3.43. The van der Waals surface area contributed by atoms with Gasteiger partial charge >= 0.3 is 0 Å². The Morgan fingerprint density at radius 1 is 1.08 bits per heavy atom. The predicted molar refractivity (Wildman–Crippen MR) is 112 cm³/mol. The monoisotopic (exact) mass is 475 g/mol. The van der Waals surface area contributed by atoms with Crippen molar-refractivity contribution in [2.75, 3.05) is 5.01 Å². The van der Waals surface area contributed by atoms with Crippen LogP contribution < -0.4 is 5.01 Å². The molecule has 2 aromatic carbocycles. The summed E-state index contributed by atoms with van der Waals surface area (Å²) in [5.41, 5.74) is 4.48. The number of hydrogen-bond donors (Lipinski definition) is 0. The molecule has 1 atom stereocenters. The first kappa shape index (κ1) is 16.9. The summed E-state index contributed by atoms with van der Waals surface area (Å²) in [5, 5.41) is 10.0. The van der Waals surface area contributed by atoms with Crippen molar-refractivity contribution in [3.8, 4) is 0 Å². The van der Waals surface area contributed by atoms with E-state index in [9.17, 15) is 0 Å². The molecule has 3 aromatic rings. The lowest BCUT2D eigenvalue weighted by molar-refractivity contribution is 0.705. The van der Waals surface area contributed by atoms with Gasteiger partial charge in [-0.15, -0.1) is 11.3 Å². The van der Waals surface area contributed by atoms with Crippen molar-refractivity contribution < 1.29 is 0 Å². The zero-order chi connectivity index (χ0) is 17.4. The molecule has 1 aliphatic rings. The molecule has 1 unspecified atom stereocenters. The van der Waals surface area contributed by atoms with Gasteiger partial charge in [-0.25, -0.2) is 9.99 Å². The van der Waals surface area contributed by atoms with E-state index in [1.54, 1.807) is 11.3 Å². The number of hydrazone groups is 1. The van der Waals surface area contributed by atoms with Crippen LogP contribution in [-0.2, 0) is 0 Å². The van der Waals surface area contributed by atoms with Crippen LogP contribution in [0.5, 0.6) is 0 Å². The topological polar surface area (TPSA) is 28.5 Å². The molecule has 0 fully saturated rings. The smallest absolute Gasteiger partial charge is 0.206 e. The van der Waals surface area contributed by atoms with Crippen LogP contribution in [0.25, 0.3) is 0 Å². The molecule has 126 valence electrons. The fourth-order valence-corrected chi connectivity index (χ4v) is 4.52. The first-order chi connectivity index (χ1) is 12.1. The molecule has 0 aliphatic carbocycles. The molecule has 3 nitrogen and oxygen atoms in total. The maximum absolute atomic E-state index is 4.94. The predicted octanol–water partition coefficient (Wildman–Crippen LogP) is 6.33. The van der Waals surface area contributed by atoms with Crippen LogP contribution in [0.3, 0.4) is 0 Å². The number of anilines is 1. The van der Waals surface area contributed by atoms with Crippen LogP contribution in [0.1, 0.15) is 29.3 Å². The summed E-state index contributed by atoms with van der Waals surface area (Å²) in [6, 6.07) is 16.9. The number of rotatable bonds is 3. The highest BCUT2D eigenvalue weighted by Gasteiger charge is 2.32. The Bertz CT molecular complexity index is 934. The fourth-order valence-electron chi connectivity index (χ4n) is 2.94. The molecular formula is C19H15Br2N3S. The third-order valence-corrected chi connectivity index (χ3v) is 6.32. The van der Waals surface area contributed by atoms with E-state index in [0.717, 1.165) is 37.5 Å². The highest BCUT2D eigenvalue weighted by molar-refractivity contribution is 9.10. The van der Waals surface area contributed by atoms with Crippen LogP contribution in [0.2, 0.25) is 0 Å². The minimum absolute atomic E-state index is 0.153. The second-order valence-corrected chi connectivity index (χ2v) is 8.52. The number of thiazole rings is 1. The van der Waals surface area contributed by atoms with Crippen molar-refractivity contribution in [1.29, 1.82) is 0 Å². The number of nitrogens with zero attached hydrogens (tertiary/aromatic N) is 3. The second-order valence-electron chi connectivity index (χ2n) is 5.91. The van der Waals surface area contributed by atoms with Gasteiger partial charge in [0.1, 0.15) is 0 Å². The summed E-state index contributed by atoms with van der Waals surface area (Å²) in [6.45, 7) is 2.02. The first-order valence-corrected chi connectivity index (χ1v) is 10.4. The molecule has 0 bridgehead atoms. The van der Waals surface area contributed by atoms with Gasteiger partial charge in [0.05, 0.1) is 17.4 Å². The summed E-state index contributed by atoms with van der Waals surface area (Å²) in [5.74, 6) is 0. The van der Waals surface area contributed by atoms with Crippen LogP contribution in [0.4, 0.5) is 5.13 Å². The lowest BCUT2D eigenvalue weighted by Gasteiger charge is -2.21. The molecule has 2 heterocycles. The van der Waals surface area contributed by atoms with E-state index in [4.69, 9.17) is 5.10 Å². The van der Waals surface area contributed by atoms with Crippen LogP contribution >= 0.6 is 43.2 Å². The molecule has 0 spiro atoms. The maximum atomic E-state index is 4.94. The number of halogens is 2. The summed E-state index contributed by atoms with van der Waals surface area (Å²) in [4.78, 5) is 4.65. The fraction of sp³-hybridized carbons (Fsp3) is 0.158. The molecule has 0 radical (unpaired) electrons. The van der Waals surface area contributed by atoms with Crippen molar-refractivity contribution in [3.05, 3.63) is 79.7 Å². The summed E-state index contributed by atoms with van der Waals surface area (Å²) < 4.78 is 2.15. The molecule has 6 heteroatoms. The van der Waals surface area contributed by atoms with Gasteiger partial charge in [0.15, 0.2) is 0 Å². The molecule has 0 amide bonds. The second kappa shape index (κ2) is 7.02. The van der Waals surface area contributed by atoms with Crippen LogP contribution in [-0.4, -0.2) is 10.7 Å². The van der Waals surface area contributed by atoms with Gasteiger partial charge in [0.2, 0.25) is 5.13 Å². The number of aryl methyl sites for hydroxylation is 1. The van der Waals surface area contributed by atoms with E-state index in [0.29, 0.717) is 0 Å². The molecule has 0 saturated carbocycles. The minimum atomic E-state index is 0.153. The Morgan fingerprint density at radius 3 is 2.52 bits per heavy atom. The standard InChI is InChI=1S/C19H15Br2N3S/c1-12-11-25-19(22-12)24-18(13-6-8-14(20)9-7-13)10-17(23-24)15-4-2-3-5-16(15)21/h2-9,11,18H,10H2,1H3. The van der Waals surface area contributed by atoms with Crippen molar-refractivity contribution in [2.45, 2.75) is 19.4 Å². The summed E-state index contributed by atoms with van der Waals surface area (Å²) >= 11 is 8.81. The molecule has 1 aromatic heterocycles. The van der Waals surface area contributed by atoms with Crippen molar-refractivity contribution in [1.82, 2.24) is 4.98 Å². The molecule has 0 saturated heterocycles. The number of hydrogen-bond acceptors (Lipinski definition) is 4. The van der Waals surface area contributed by atoms with E-state index in [2.05, 4.69) is 83.6 Å². The van der Waals surface area contributed by atoms with Crippen LogP contribution in [0, 0.1) is 6.92 Å². The highest BCUT2D eigenvalue weighted by atomic mass is 79.9. The molecule has 1 aliphatic heterocycles. The molecule has 4 rings (SSSR count). The van der Waals surface area contributed by atoms with Gasteiger partial charge in [-0.2, -0.15) is 5.10 Å². The Balaban J connectivity index is 1.76. The lowest BCUT2D eigenvalue weighted by atomic mass is 9.99. The summed E-state index contributed by atoms with van der Waals surface area (Å²) in [6.07, 6.45) is 0.850. The van der Waals surface area contributed by atoms with Crippen LogP contribution in [0.15, 0.2) is 68.0 Å². The normalized spacial score (nSPS) is 17.0. The Kier molecular flexibility index (Phi) is 4.75. The average molecular weight is 477 g/mol. The SMILES string of the molecule is Cc1csc(N2N=C(c3ccccc3Br)CC2c2ccc(Br)cc2)n1. The summed E-state index contributed by atoms with van der Waals surface area (Å²) in [7, 11) is 0. The van der Waals surface area contributed by atoms with Gasteiger partial charge < -0.3 is 0 Å². The minimum Gasteiger partial charge on any atom is -0.231 e. The van der Waals surface area contributed by atoms with Gasteiger partial charge in [-0.3, -0.25) is 0 Å². The van der Waals surface area contributed by atoms with E-state index in [1.807, 2.05) is 19.1 Å². The lowest BCUT2D eigenvalue weighted by Crippen LogP contribution is -2.18. The van der Waals surface area contributed by atoms with Gasteiger partial charge in [-0.1, -0.05) is 62.2 Å². The van der Waals surface area contributed by atoms with E-state index in [-0.39, 0.29) is 6.04 Å². The Labute approximate surface area is 167 Å². The largest absolute Gasteiger partial charge is 0.231 e. The van der Waals surface area contributed by atoms with E-state index < -0.39 is 0 Å². The van der Waals surface area contributed by atoms with E-state index >= 15 is 0 Å². The molecule has 0 N–H and O–H groups in total. The van der Waals surface area contributed by atoms with Crippen molar-refractivity contribution >= 4 is 54.0 Å². The van der Waals surface area contributed by atoms with Gasteiger partial charge in [0, 0.05) is 26.3 Å². The molecular weight excluding hydrogens is 462 g/mol. The quantitative estimate of drug-likeness (QED) is 0.441. The van der Waals surface area contributed by atoms with Gasteiger partial charge in [-0.05, 0) is 30.7 Å². The molecule has 25 heavy (non-hydrogen) atoms. The first-order valence-electron chi connectivity index (χ1n) is 7.91. The highest BCUT2D eigenvalue weighted by Crippen LogP contribution is 2.39. The number of benzene rings is 2. The Hall–Kier alpha value is -1.50. The van der Waals surface area contributed by atoms with Crippen molar-refractivity contribution in [3.63, 3.8) is 0 Å².